The van der Waals surface area contributed by atoms with E-state index in [9.17, 15) is 5.11 Å². The molecule has 2 fully saturated rings. The monoisotopic (exact) mass is 264 g/mol. The van der Waals surface area contributed by atoms with Gasteiger partial charge in [-0.15, -0.1) is 0 Å². The van der Waals surface area contributed by atoms with Crippen LogP contribution in [0.15, 0.2) is 12.1 Å². The summed E-state index contributed by atoms with van der Waals surface area (Å²) in [6.45, 7) is 0. The first-order chi connectivity index (χ1) is 9.16. The lowest BCUT2D eigenvalue weighted by Crippen LogP contribution is -2.15. The second-order valence-corrected chi connectivity index (χ2v) is 5.38. The number of hydrogen-bond acceptors (Lipinski definition) is 4. The predicted octanol–water partition coefficient (Wildman–Crippen LogP) is 2.33. The van der Waals surface area contributed by atoms with E-state index in [-0.39, 0.29) is 0 Å². The number of methoxy groups -OCH3 is 3. The van der Waals surface area contributed by atoms with Gasteiger partial charge in [0.15, 0.2) is 11.5 Å². The maximum atomic E-state index is 10.9. The molecule has 0 aromatic heterocycles. The minimum Gasteiger partial charge on any atom is -0.496 e. The summed E-state index contributed by atoms with van der Waals surface area (Å²) in [6.07, 6.45) is 3.41. The molecule has 0 amide bonds. The molecular formula is C15H20O4. The standard InChI is InChI=1S/C15H20O4/c1-17-12-8-14(19-3)13(18-2)7-11(12)15(16)9-5-4-6-10(9)15/h7-10,16H,4-6H2,1-3H3. The van der Waals surface area contributed by atoms with Gasteiger partial charge < -0.3 is 19.3 Å². The molecule has 1 N–H and O–H groups in total. The highest BCUT2D eigenvalue weighted by Gasteiger charge is 2.67. The molecule has 2 atom stereocenters. The zero-order valence-corrected chi connectivity index (χ0v) is 11.6. The minimum absolute atomic E-state index is 0.375. The Hall–Kier alpha value is -1.42. The molecule has 0 spiro atoms. The van der Waals surface area contributed by atoms with Crippen LogP contribution in [0.1, 0.15) is 24.8 Å². The van der Waals surface area contributed by atoms with Crippen molar-refractivity contribution in [1.82, 2.24) is 0 Å². The largest absolute Gasteiger partial charge is 0.496 e. The third-order valence-corrected chi connectivity index (χ3v) is 4.67. The van der Waals surface area contributed by atoms with Crippen molar-refractivity contribution >= 4 is 0 Å². The highest BCUT2D eigenvalue weighted by Crippen LogP contribution is 2.68. The Kier molecular flexibility index (Phi) is 2.86. The summed E-state index contributed by atoms with van der Waals surface area (Å²) < 4.78 is 16.0. The third kappa shape index (κ3) is 1.62. The Balaban J connectivity index is 2.05. The molecule has 1 aromatic rings. The van der Waals surface area contributed by atoms with Gasteiger partial charge in [-0.3, -0.25) is 0 Å². The van der Waals surface area contributed by atoms with Crippen molar-refractivity contribution in [3.63, 3.8) is 0 Å². The van der Waals surface area contributed by atoms with Crippen molar-refractivity contribution in [2.24, 2.45) is 11.8 Å². The van der Waals surface area contributed by atoms with Crippen molar-refractivity contribution < 1.29 is 19.3 Å². The SMILES string of the molecule is COc1cc(OC)c(C2(O)C3CCCC32)cc1OC. The Morgan fingerprint density at radius 1 is 0.947 bits per heavy atom. The van der Waals surface area contributed by atoms with Gasteiger partial charge in [-0.25, -0.2) is 0 Å². The highest BCUT2D eigenvalue weighted by atomic mass is 16.5. The van der Waals surface area contributed by atoms with E-state index in [1.165, 1.54) is 6.42 Å². The number of benzene rings is 1. The molecule has 4 heteroatoms. The fraction of sp³-hybridized carbons (Fsp3) is 0.600. The number of rotatable bonds is 4. The van der Waals surface area contributed by atoms with Gasteiger partial charge >= 0.3 is 0 Å². The van der Waals surface area contributed by atoms with Gasteiger partial charge in [0.1, 0.15) is 5.75 Å². The summed E-state index contributed by atoms with van der Waals surface area (Å²) in [5.74, 6) is 2.68. The molecule has 0 bridgehead atoms. The fourth-order valence-electron chi connectivity index (χ4n) is 3.66. The van der Waals surface area contributed by atoms with E-state index in [0.717, 1.165) is 18.4 Å². The van der Waals surface area contributed by atoms with Gasteiger partial charge in [-0.1, -0.05) is 6.42 Å². The van der Waals surface area contributed by atoms with Gasteiger partial charge in [0.2, 0.25) is 0 Å². The molecule has 19 heavy (non-hydrogen) atoms. The van der Waals surface area contributed by atoms with Crippen molar-refractivity contribution in [1.29, 1.82) is 0 Å². The average Bonchev–Trinajstić information content (AvgIpc) is 2.84. The number of ether oxygens (including phenoxy) is 3. The zero-order chi connectivity index (χ0) is 13.6. The molecular weight excluding hydrogens is 244 g/mol. The van der Waals surface area contributed by atoms with E-state index in [0.29, 0.717) is 29.1 Å². The Morgan fingerprint density at radius 3 is 2.00 bits per heavy atom. The first-order valence-corrected chi connectivity index (χ1v) is 6.69. The van der Waals surface area contributed by atoms with Crippen LogP contribution >= 0.6 is 0 Å². The molecule has 2 aliphatic carbocycles. The van der Waals surface area contributed by atoms with Crippen LogP contribution < -0.4 is 14.2 Å². The van der Waals surface area contributed by atoms with Crippen LogP contribution in [0.5, 0.6) is 17.2 Å². The van der Waals surface area contributed by atoms with E-state index >= 15 is 0 Å². The minimum atomic E-state index is -0.733. The summed E-state index contributed by atoms with van der Waals surface area (Å²) >= 11 is 0. The van der Waals surface area contributed by atoms with Gasteiger partial charge in [-0.05, 0) is 30.7 Å². The van der Waals surface area contributed by atoms with Crippen LogP contribution in [0.4, 0.5) is 0 Å². The second kappa shape index (κ2) is 4.30. The molecule has 104 valence electrons. The van der Waals surface area contributed by atoms with Crippen LogP contribution in [0.2, 0.25) is 0 Å². The smallest absolute Gasteiger partial charge is 0.164 e. The first-order valence-electron chi connectivity index (χ1n) is 6.69. The molecule has 3 rings (SSSR count). The maximum absolute atomic E-state index is 10.9. The Bertz CT molecular complexity index is 487. The molecule has 0 saturated heterocycles. The zero-order valence-electron chi connectivity index (χ0n) is 11.6. The van der Waals surface area contributed by atoms with Gasteiger partial charge in [0, 0.05) is 11.6 Å². The van der Waals surface area contributed by atoms with Crippen molar-refractivity contribution in [3.8, 4) is 17.2 Å². The van der Waals surface area contributed by atoms with E-state index in [1.807, 2.05) is 6.07 Å². The van der Waals surface area contributed by atoms with Crippen LogP contribution in [-0.2, 0) is 5.60 Å². The summed E-state index contributed by atoms with van der Waals surface area (Å²) in [6, 6.07) is 3.65. The summed E-state index contributed by atoms with van der Waals surface area (Å²) in [5, 5.41) is 10.9. The van der Waals surface area contributed by atoms with Crippen molar-refractivity contribution in [2.45, 2.75) is 24.9 Å². The summed E-state index contributed by atoms with van der Waals surface area (Å²) in [7, 11) is 4.82. The molecule has 2 saturated carbocycles. The number of hydrogen-bond donors (Lipinski definition) is 1. The van der Waals surface area contributed by atoms with E-state index in [1.54, 1.807) is 27.4 Å². The van der Waals surface area contributed by atoms with Crippen LogP contribution in [-0.4, -0.2) is 26.4 Å². The summed E-state index contributed by atoms with van der Waals surface area (Å²) in [5.41, 5.74) is 0.103. The lowest BCUT2D eigenvalue weighted by molar-refractivity contribution is 0.102. The number of aliphatic hydroxyl groups is 1. The average molecular weight is 264 g/mol. The molecule has 0 heterocycles. The molecule has 1 aromatic carbocycles. The quantitative estimate of drug-likeness (QED) is 0.906. The van der Waals surface area contributed by atoms with Crippen molar-refractivity contribution in [2.75, 3.05) is 21.3 Å². The molecule has 4 nitrogen and oxygen atoms in total. The third-order valence-electron chi connectivity index (χ3n) is 4.67. The van der Waals surface area contributed by atoms with Crippen LogP contribution in [0, 0.1) is 11.8 Å². The lowest BCUT2D eigenvalue weighted by Gasteiger charge is -2.20. The molecule has 0 radical (unpaired) electrons. The molecule has 2 aliphatic rings. The normalized spacial score (nSPS) is 31.8. The van der Waals surface area contributed by atoms with E-state index in [4.69, 9.17) is 14.2 Å². The van der Waals surface area contributed by atoms with Crippen molar-refractivity contribution in [3.05, 3.63) is 17.7 Å². The fourth-order valence-corrected chi connectivity index (χ4v) is 3.66. The van der Waals surface area contributed by atoms with Crippen LogP contribution in [0.3, 0.4) is 0 Å². The highest BCUT2D eigenvalue weighted by molar-refractivity contribution is 5.55. The lowest BCUT2D eigenvalue weighted by atomic mass is 9.97. The molecule has 0 aliphatic heterocycles. The molecule has 2 unspecified atom stereocenters. The van der Waals surface area contributed by atoms with Gasteiger partial charge in [0.05, 0.1) is 26.9 Å². The van der Waals surface area contributed by atoms with Crippen LogP contribution in [0.25, 0.3) is 0 Å². The first kappa shape index (κ1) is 12.6. The number of fused-ring (bicyclic) bond motifs is 1. The predicted molar refractivity (Wildman–Crippen MR) is 70.8 cm³/mol. The summed E-state index contributed by atoms with van der Waals surface area (Å²) in [4.78, 5) is 0. The van der Waals surface area contributed by atoms with Gasteiger partial charge in [-0.2, -0.15) is 0 Å². The Labute approximate surface area is 113 Å². The van der Waals surface area contributed by atoms with Gasteiger partial charge in [0.25, 0.3) is 0 Å². The maximum Gasteiger partial charge on any atom is 0.164 e. The Morgan fingerprint density at radius 2 is 1.47 bits per heavy atom. The second-order valence-electron chi connectivity index (χ2n) is 5.38. The topological polar surface area (TPSA) is 47.9 Å². The van der Waals surface area contributed by atoms with E-state index in [2.05, 4.69) is 0 Å². The van der Waals surface area contributed by atoms with E-state index < -0.39 is 5.60 Å².